The van der Waals surface area contributed by atoms with Crippen LogP contribution in [0, 0.1) is 6.92 Å². The Kier molecular flexibility index (Phi) is 2.76. The molecule has 0 aromatic heterocycles. The molecule has 1 atom stereocenters. The van der Waals surface area contributed by atoms with Gasteiger partial charge in [0, 0.05) is 16.8 Å². The zero-order valence-electron chi connectivity index (χ0n) is 11.3. The predicted molar refractivity (Wildman–Crippen MR) is 75.8 cm³/mol. The number of benzene rings is 2. The summed E-state index contributed by atoms with van der Waals surface area (Å²) in [6.07, 6.45) is 0. The van der Waals surface area contributed by atoms with Gasteiger partial charge in [0.25, 0.3) is 5.91 Å². The van der Waals surface area contributed by atoms with Gasteiger partial charge in [-0.15, -0.1) is 0 Å². The maximum atomic E-state index is 12.3. The van der Waals surface area contributed by atoms with Crippen molar-refractivity contribution >= 4 is 11.6 Å². The van der Waals surface area contributed by atoms with Gasteiger partial charge >= 0.3 is 0 Å². The van der Waals surface area contributed by atoms with E-state index >= 15 is 0 Å². The molecule has 0 spiro atoms. The van der Waals surface area contributed by atoms with Crippen molar-refractivity contribution < 1.29 is 14.6 Å². The summed E-state index contributed by atoms with van der Waals surface area (Å²) in [6.45, 7) is 1.92. The minimum absolute atomic E-state index is 0.448. The normalized spacial score (nSPS) is 20.4. The minimum Gasteiger partial charge on any atom is -0.496 e. The van der Waals surface area contributed by atoms with Crippen molar-refractivity contribution in [3.8, 4) is 5.75 Å². The highest BCUT2D eigenvalue weighted by atomic mass is 16.5. The van der Waals surface area contributed by atoms with Crippen LogP contribution in [-0.2, 0) is 10.4 Å². The molecule has 1 aliphatic heterocycles. The van der Waals surface area contributed by atoms with Crippen LogP contribution in [0.15, 0.2) is 42.5 Å². The van der Waals surface area contributed by atoms with Gasteiger partial charge in [-0.1, -0.05) is 35.9 Å². The Balaban J connectivity index is 2.27. The average molecular weight is 269 g/mol. The second-order valence-corrected chi connectivity index (χ2v) is 4.91. The maximum Gasteiger partial charge on any atom is 0.266 e. The number of aryl methyl sites for hydroxylation is 1. The summed E-state index contributed by atoms with van der Waals surface area (Å²) in [4.78, 5) is 12.3. The first-order valence-electron chi connectivity index (χ1n) is 6.36. The van der Waals surface area contributed by atoms with Crippen LogP contribution in [0.5, 0.6) is 5.75 Å². The highest BCUT2D eigenvalue weighted by Gasteiger charge is 2.48. The van der Waals surface area contributed by atoms with Gasteiger partial charge in [0.05, 0.1) is 7.11 Å². The molecule has 2 aromatic carbocycles. The summed E-state index contributed by atoms with van der Waals surface area (Å²) >= 11 is 0. The summed E-state index contributed by atoms with van der Waals surface area (Å²) in [7, 11) is 1.52. The first kappa shape index (κ1) is 12.7. The quantitative estimate of drug-likeness (QED) is 0.878. The molecule has 0 bridgehead atoms. The fraction of sp³-hybridized carbons (Fsp3) is 0.188. The molecule has 0 radical (unpaired) electrons. The van der Waals surface area contributed by atoms with Crippen LogP contribution in [0.3, 0.4) is 0 Å². The number of anilines is 1. The van der Waals surface area contributed by atoms with Crippen molar-refractivity contribution in [3.63, 3.8) is 0 Å². The van der Waals surface area contributed by atoms with E-state index in [1.54, 1.807) is 30.3 Å². The SMILES string of the molecule is COc1ccccc1[C@@]1(O)C(=O)Nc2ccc(C)cc21. The van der Waals surface area contributed by atoms with Crippen molar-refractivity contribution in [1.29, 1.82) is 0 Å². The number of aliphatic hydroxyl groups is 1. The first-order valence-corrected chi connectivity index (χ1v) is 6.36. The zero-order valence-corrected chi connectivity index (χ0v) is 11.3. The van der Waals surface area contributed by atoms with Gasteiger partial charge in [0.15, 0.2) is 5.60 Å². The number of fused-ring (bicyclic) bond motifs is 1. The Morgan fingerprint density at radius 1 is 1.15 bits per heavy atom. The molecular formula is C16H15NO3. The molecule has 3 rings (SSSR count). The van der Waals surface area contributed by atoms with Crippen LogP contribution in [0.4, 0.5) is 5.69 Å². The standard InChI is InChI=1S/C16H15NO3/c1-10-7-8-13-12(9-10)16(19,15(18)17-13)11-5-3-4-6-14(11)20-2/h3-9,19H,1-2H3,(H,17,18)/t16-/m0/s1. The van der Waals surface area contributed by atoms with Crippen molar-refractivity contribution in [2.45, 2.75) is 12.5 Å². The van der Waals surface area contributed by atoms with E-state index in [2.05, 4.69) is 5.32 Å². The van der Waals surface area contributed by atoms with Crippen LogP contribution in [-0.4, -0.2) is 18.1 Å². The molecule has 0 saturated carbocycles. The number of ether oxygens (including phenoxy) is 1. The third-order valence-electron chi connectivity index (χ3n) is 3.64. The molecule has 2 aromatic rings. The van der Waals surface area contributed by atoms with Crippen LogP contribution >= 0.6 is 0 Å². The fourth-order valence-electron chi connectivity index (χ4n) is 2.61. The molecule has 0 unspecified atom stereocenters. The molecule has 1 amide bonds. The molecule has 4 nitrogen and oxygen atoms in total. The monoisotopic (exact) mass is 269 g/mol. The Hall–Kier alpha value is -2.33. The smallest absolute Gasteiger partial charge is 0.266 e. The molecule has 1 heterocycles. The lowest BCUT2D eigenvalue weighted by atomic mass is 9.86. The Bertz CT molecular complexity index is 696. The minimum atomic E-state index is -1.71. The lowest BCUT2D eigenvalue weighted by molar-refractivity contribution is -0.129. The molecule has 102 valence electrons. The summed E-state index contributed by atoms with van der Waals surface area (Å²) in [5.74, 6) is 0.0297. The second-order valence-electron chi connectivity index (χ2n) is 4.91. The van der Waals surface area contributed by atoms with E-state index in [9.17, 15) is 9.90 Å². The van der Waals surface area contributed by atoms with Gasteiger partial charge < -0.3 is 15.2 Å². The molecular weight excluding hydrogens is 254 g/mol. The van der Waals surface area contributed by atoms with Crippen LogP contribution < -0.4 is 10.1 Å². The largest absolute Gasteiger partial charge is 0.496 e. The molecule has 2 N–H and O–H groups in total. The lowest BCUT2D eigenvalue weighted by Gasteiger charge is -2.23. The van der Waals surface area contributed by atoms with E-state index in [0.29, 0.717) is 22.6 Å². The first-order chi connectivity index (χ1) is 9.57. The van der Waals surface area contributed by atoms with E-state index in [0.717, 1.165) is 5.56 Å². The summed E-state index contributed by atoms with van der Waals surface area (Å²) in [5.41, 5.74) is 0.910. The number of carbonyl (C=O) groups excluding carboxylic acids is 1. The van der Waals surface area contributed by atoms with E-state index in [4.69, 9.17) is 4.74 Å². The number of rotatable bonds is 2. The Labute approximate surface area is 117 Å². The van der Waals surface area contributed by atoms with Gasteiger partial charge in [-0.2, -0.15) is 0 Å². The van der Waals surface area contributed by atoms with Crippen LogP contribution in [0.25, 0.3) is 0 Å². The van der Waals surface area contributed by atoms with Gasteiger partial charge in [0.1, 0.15) is 5.75 Å². The van der Waals surface area contributed by atoms with Crippen molar-refractivity contribution in [1.82, 2.24) is 0 Å². The fourth-order valence-corrected chi connectivity index (χ4v) is 2.61. The highest BCUT2D eigenvalue weighted by Crippen LogP contribution is 2.44. The van der Waals surface area contributed by atoms with E-state index < -0.39 is 11.5 Å². The lowest BCUT2D eigenvalue weighted by Crippen LogP contribution is -2.35. The Morgan fingerprint density at radius 3 is 2.65 bits per heavy atom. The third-order valence-corrected chi connectivity index (χ3v) is 3.64. The summed E-state index contributed by atoms with van der Waals surface area (Å²) in [5, 5.41) is 13.7. The van der Waals surface area contributed by atoms with Crippen LogP contribution in [0.2, 0.25) is 0 Å². The van der Waals surface area contributed by atoms with Crippen molar-refractivity contribution in [3.05, 3.63) is 59.2 Å². The number of amides is 1. The molecule has 20 heavy (non-hydrogen) atoms. The second kappa shape index (κ2) is 4.35. The van der Waals surface area contributed by atoms with Gasteiger partial charge in [-0.05, 0) is 19.1 Å². The van der Waals surface area contributed by atoms with Crippen LogP contribution in [0.1, 0.15) is 16.7 Å². The van der Waals surface area contributed by atoms with Gasteiger partial charge in [0.2, 0.25) is 0 Å². The maximum absolute atomic E-state index is 12.3. The van der Waals surface area contributed by atoms with Crippen molar-refractivity contribution in [2.24, 2.45) is 0 Å². The predicted octanol–water partition coefficient (Wildman–Crippen LogP) is 2.19. The molecule has 4 heteroatoms. The number of nitrogens with one attached hydrogen (secondary N) is 1. The van der Waals surface area contributed by atoms with E-state index in [1.807, 2.05) is 19.1 Å². The topological polar surface area (TPSA) is 58.6 Å². The van der Waals surface area contributed by atoms with E-state index in [1.165, 1.54) is 7.11 Å². The molecule has 0 aliphatic carbocycles. The van der Waals surface area contributed by atoms with Gasteiger partial charge in [-0.25, -0.2) is 0 Å². The van der Waals surface area contributed by atoms with Gasteiger partial charge in [-0.3, -0.25) is 4.79 Å². The third kappa shape index (κ3) is 1.62. The van der Waals surface area contributed by atoms with Crippen molar-refractivity contribution in [2.75, 3.05) is 12.4 Å². The van der Waals surface area contributed by atoms with E-state index in [-0.39, 0.29) is 0 Å². The number of hydrogen-bond donors (Lipinski definition) is 2. The average Bonchev–Trinajstić information content (AvgIpc) is 2.72. The number of methoxy groups -OCH3 is 1. The summed E-state index contributed by atoms with van der Waals surface area (Å²) in [6, 6.07) is 12.5. The Morgan fingerprint density at radius 2 is 1.90 bits per heavy atom. The zero-order chi connectivity index (χ0) is 14.3. The molecule has 0 fully saturated rings. The summed E-state index contributed by atoms with van der Waals surface area (Å²) < 4.78 is 5.28. The molecule has 0 saturated heterocycles. The molecule has 1 aliphatic rings. The highest BCUT2D eigenvalue weighted by molar-refractivity contribution is 6.07. The number of carbonyl (C=O) groups is 1. The number of hydrogen-bond acceptors (Lipinski definition) is 3. The number of para-hydroxylation sites is 1.